The van der Waals surface area contributed by atoms with Crippen LogP contribution in [0.25, 0.3) is 0 Å². The summed E-state index contributed by atoms with van der Waals surface area (Å²) in [6.07, 6.45) is 0. The Morgan fingerprint density at radius 2 is 1.47 bits per heavy atom. The molecule has 0 bridgehead atoms. The number of rotatable bonds is 4. The van der Waals surface area contributed by atoms with Gasteiger partial charge in [0.2, 0.25) is 0 Å². The van der Waals surface area contributed by atoms with E-state index in [0.29, 0.717) is 11.8 Å². The van der Waals surface area contributed by atoms with Crippen molar-refractivity contribution in [3.8, 4) is 0 Å². The van der Waals surface area contributed by atoms with Gasteiger partial charge in [-0.25, -0.2) is 0 Å². The van der Waals surface area contributed by atoms with Crippen LogP contribution in [0.4, 0.5) is 0 Å². The summed E-state index contributed by atoms with van der Waals surface area (Å²) >= 11 is 0. The van der Waals surface area contributed by atoms with Gasteiger partial charge in [-0.2, -0.15) is 0 Å². The molecule has 0 radical (unpaired) electrons. The van der Waals surface area contributed by atoms with E-state index in [-0.39, 0.29) is 0 Å². The number of nitrogens with one attached hydrogen (secondary N) is 1. The molecule has 1 aromatic rings. The highest BCUT2D eigenvalue weighted by atomic mass is 14.8. The molecule has 1 rings (SSSR count). The highest BCUT2D eigenvalue weighted by Crippen LogP contribution is 2.27. The molecule has 0 aliphatic carbocycles. The SMILES string of the molecule is CNCc1c(C(C)C)cccc1C(C)C. The van der Waals surface area contributed by atoms with Crippen LogP contribution >= 0.6 is 0 Å². The van der Waals surface area contributed by atoms with Crippen molar-refractivity contribution in [1.82, 2.24) is 5.32 Å². The van der Waals surface area contributed by atoms with Crippen molar-refractivity contribution in [2.75, 3.05) is 7.05 Å². The third kappa shape index (κ3) is 2.82. The van der Waals surface area contributed by atoms with Crippen molar-refractivity contribution in [3.05, 3.63) is 34.9 Å². The Kier molecular flexibility index (Phi) is 4.34. The molecule has 0 aliphatic rings. The summed E-state index contributed by atoms with van der Waals surface area (Å²) in [7, 11) is 2.02. The molecule has 1 aromatic carbocycles. The normalized spacial score (nSPS) is 11.4. The van der Waals surface area contributed by atoms with Gasteiger partial charge in [0.25, 0.3) is 0 Å². The molecule has 0 aromatic heterocycles. The Bertz CT molecular complexity index is 287. The fourth-order valence-corrected chi connectivity index (χ4v) is 2.09. The largest absolute Gasteiger partial charge is 0.316 e. The lowest BCUT2D eigenvalue weighted by Gasteiger charge is -2.19. The predicted molar refractivity (Wildman–Crippen MR) is 67.4 cm³/mol. The van der Waals surface area contributed by atoms with E-state index in [1.165, 1.54) is 16.7 Å². The summed E-state index contributed by atoms with van der Waals surface area (Å²) in [6, 6.07) is 6.69. The lowest BCUT2D eigenvalue weighted by Crippen LogP contribution is -2.12. The van der Waals surface area contributed by atoms with Crippen LogP contribution in [0.5, 0.6) is 0 Å². The minimum atomic E-state index is 0.604. The lowest BCUT2D eigenvalue weighted by atomic mass is 9.89. The minimum Gasteiger partial charge on any atom is -0.316 e. The smallest absolute Gasteiger partial charge is 0.0208 e. The van der Waals surface area contributed by atoms with E-state index in [4.69, 9.17) is 0 Å². The van der Waals surface area contributed by atoms with Crippen LogP contribution < -0.4 is 5.32 Å². The Balaban J connectivity index is 3.21. The molecule has 0 spiro atoms. The summed E-state index contributed by atoms with van der Waals surface area (Å²) in [4.78, 5) is 0. The van der Waals surface area contributed by atoms with Crippen LogP contribution in [-0.2, 0) is 6.54 Å². The number of hydrogen-bond acceptors (Lipinski definition) is 1. The van der Waals surface area contributed by atoms with E-state index >= 15 is 0 Å². The molecule has 0 saturated carbocycles. The summed E-state index contributed by atoms with van der Waals surface area (Å²) in [6.45, 7) is 10.0. The summed E-state index contributed by atoms with van der Waals surface area (Å²) < 4.78 is 0. The third-order valence-corrected chi connectivity index (χ3v) is 2.85. The maximum absolute atomic E-state index is 3.27. The van der Waals surface area contributed by atoms with Crippen LogP contribution in [-0.4, -0.2) is 7.05 Å². The number of benzene rings is 1. The molecule has 0 unspecified atom stereocenters. The zero-order chi connectivity index (χ0) is 11.4. The minimum absolute atomic E-state index is 0.604. The van der Waals surface area contributed by atoms with Gasteiger partial charge in [-0.1, -0.05) is 45.9 Å². The average Bonchev–Trinajstić information content (AvgIpc) is 2.17. The van der Waals surface area contributed by atoms with Gasteiger partial charge in [-0.05, 0) is 35.6 Å². The van der Waals surface area contributed by atoms with Gasteiger partial charge in [-0.3, -0.25) is 0 Å². The second kappa shape index (κ2) is 5.32. The molecule has 0 heterocycles. The molecule has 0 atom stereocenters. The summed E-state index contributed by atoms with van der Waals surface area (Å²) in [5.74, 6) is 1.21. The van der Waals surface area contributed by atoms with E-state index in [1.54, 1.807) is 0 Å². The van der Waals surface area contributed by atoms with Gasteiger partial charge >= 0.3 is 0 Å². The monoisotopic (exact) mass is 205 g/mol. The molecular weight excluding hydrogens is 182 g/mol. The zero-order valence-electron chi connectivity index (χ0n) is 10.6. The van der Waals surface area contributed by atoms with Crippen LogP contribution in [0, 0.1) is 0 Å². The first-order valence-corrected chi connectivity index (χ1v) is 5.84. The molecule has 1 N–H and O–H groups in total. The van der Waals surface area contributed by atoms with E-state index in [1.807, 2.05) is 7.05 Å². The fourth-order valence-electron chi connectivity index (χ4n) is 2.09. The van der Waals surface area contributed by atoms with Gasteiger partial charge < -0.3 is 5.32 Å². The van der Waals surface area contributed by atoms with Gasteiger partial charge in [-0.15, -0.1) is 0 Å². The predicted octanol–water partition coefficient (Wildman–Crippen LogP) is 3.65. The van der Waals surface area contributed by atoms with Crippen molar-refractivity contribution < 1.29 is 0 Å². The molecular formula is C14H23N. The van der Waals surface area contributed by atoms with Crippen molar-refractivity contribution in [2.45, 2.75) is 46.1 Å². The fraction of sp³-hybridized carbons (Fsp3) is 0.571. The molecule has 0 saturated heterocycles. The molecule has 1 heteroatoms. The maximum Gasteiger partial charge on any atom is 0.0208 e. The zero-order valence-corrected chi connectivity index (χ0v) is 10.6. The van der Waals surface area contributed by atoms with Crippen molar-refractivity contribution in [3.63, 3.8) is 0 Å². The van der Waals surface area contributed by atoms with E-state index in [0.717, 1.165) is 6.54 Å². The average molecular weight is 205 g/mol. The Labute approximate surface area is 93.9 Å². The van der Waals surface area contributed by atoms with Gasteiger partial charge in [0.1, 0.15) is 0 Å². The Morgan fingerprint density at radius 1 is 1.00 bits per heavy atom. The maximum atomic E-state index is 3.27. The molecule has 1 nitrogen and oxygen atoms in total. The van der Waals surface area contributed by atoms with Gasteiger partial charge in [0.05, 0.1) is 0 Å². The van der Waals surface area contributed by atoms with E-state index < -0.39 is 0 Å². The highest BCUT2D eigenvalue weighted by molar-refractivity contribution is 5.38. The van der Waals surface area contributed by atoms with Crippen LogP contribution in [0.1, 0.15) is 56.2 Å². The van der Waals surface area contributed by atoms with Crippen LogP contribution in [0.2, 0.25) is 0 Å². The van der Waals surface area contributed by atoms with E-state index in [2.05, 4.69) is 51.2 Å². The lowest BCUT2D eigenvalue weighted by molar-refractivity contribution is 0.742. The number of hydrogen-bond donors (Lipinski definition) is 1. The molecule has 15 heavy (non-hydrogen) atoms. The standard InChI is InChI=1S/C14H23N/c1-10(2)12-7-6-8-13(11(3)4)14(12)9-15-5/h6-8,10-11,15H,9H2,1-5H3. The van der Waals surface area contributed by atoms with Crippen molar-refractivity contribution in [1.29, 1.82) is 0 Å². The summed E-state index contributed by atoms with van der Waals surface area (Å²) in [5.41, 5.74) is 4.45. The van der Waals surface area contributed by atoms with Crippen molar-refractivity contribution in [2.24, 2.45) is 0 Å². The Morgan fingerprint density at radius 3 is 1.80 bits per heavy atom. The second-order valence-electron chi connectivity index (χ2n) is 4.75. The quantitative estimate of drug-likeness (QED) is 0.791. The first kappa shape index (κ1) is 12.3. The Hall–Kier alpha value is -0.820. The topological polar surface area (TPSA) is 12.0 Å². The van der Waals surface area contributed by atoms with Gasteiger partial charge in [0.15, 0.2) is 0 Å². The van der Waals surface area contributed by atoms with Crippen LogP contribution in [0.15, 0.2) is 18.2 Å². The summed E-state index contributed by atoms with van der Waals surface area (Å²) in [5, 5.41) is 3.27. The first-order valence-electron chi connectivity index (χ1n) is 5.84. The third-order valence-electron chi connectivity index (χ3n) is 2.85. The van der Waals surface area contributed by atoms with Crippen molar-refractivity contribution >= 4 is 0 Å². The molecule has 0 aliphatic heterocycles. The second-order valence-corrected chi connectivity index (χ2v) is 4.75. The molecule has 0 fully saturated rings. The van der Waals surface area contributed by atoms with Gasteiger partial charge in [0, 0.05) is 6.54 Å². The highest BCUT2D eigenvalue weighted by Gasteiger charge is 2.12. The molecule has 0 amide bonds. The van der Waals surface area contributed by atoms with Crippen LogP contribution in [0.3, 0.4) is 0 Å². The van der Waals surface area contributed by atoms with E-state index in [9.17, 15) is 0 Å². The first-order chi connectivity index (χ1) is 7.07. The molecule has 84 valence electrons.